The van der Waals surface area contributed by atoms with E-state index in [4.69, 9.17) is 10.3 Å². The second-order valence-electron chi connectivity index (χ2n) is 4.62. The number of primary amides is 1. The number of nitrogens with zero attached hydrogens (tertiary/aromatic N) is 3. The van der Waals surface area contributed by atoms with Crippen LogP contribution in [0.25, 0.3) is 0 Å². The quantitative estimate of drug-likeness (QED) is 0.805. The monoisotopic (exact) mass is 342 g/mol. The Morgan fingerprint density at radius 2 is 2.00 bits per heavy atom. The molecule has 0 spiro atoms. The molecule has 0 aromatic carbocycles. The molecule has 2 N–H and O–H groups in total. The van der Waals surface area contributed by atoms with Crippen molar-refractivity contribution < 1.29 is 9.32 Å². The fourth-order valence-electron chi connectivity index (χ4n) is 2.14. The summed E-state index contributed by atoms with van der Waals surface area (Å²) < 4.78 is 7.03. The molecule has 1 aliphatic rings. The van der Waals surface area contributed by atoms with Gasteiger partial charge in [0.1, 0.15) is 5.76 Å². The standard InChI is InChI=1S/C12H14N4O2S3/c13-10(17)6-20-12-15-14-11(21-12)19-5-8-7-3-1-2-4-9(7)18-16-8/h1-6H2,(H2,13,17). The number of rotatable bonds is 6. The van der Waals surface area contributed by atoms with Crippen molar-refractivity contribution in [2.75, 3.05) is 5.75 Å². The van der Waals surface area contributed by atoms with E-state index in [1.807, 2.05) is 0 Å². The largest absolute Gasteiger partial charge is 0.369 e. The van der Waals surface area contributed by atoms with Crippen LogP contribution < -0.4 is 5.73 Å². The lowest BCUT2D eigenvalue weighted by atomic mass is 9.97. The molecule has 112 valence electrons. The molecule has 0 atom stereocenters. The fourth-order valence-corrected chi connectivity index (χ4v) is 4.86. The summed E-state index contributed by atoms with van der Waals surface area (Å²) in [4.78, 5) is 10.7. The molecule has 0 unspecified atom stereocenters. The van der Waals surface area contributed by atoms with Gasteiger partial charge in [0, 0.05) is 17.7 Å². The van der Waals surface area contributed by atoms with Crippen LogP contribution >= 0.6 is 34.9 Å². The zero-order chi connectivity index (χ0) is 14.7. The van der Waals surface area contributed by atoms with Crippen LogP contribution in [0.5, 0.6) is 0 Å². The van der Waals surface area contributed by atoms with E-state index in [1.54, 1.807) is 11.8 Å². The van der Waals surface area contributed by atoms with Crippen molar-refractivity contribution in [3.63, 3.8) is 0 Å². The minimum absolute atomic E-state index is 0.232. The molecule has 3 rings (SSSR count). The Hall–Kier alpha value is -1.06. The molecule has 21 heavy (non-hydrogen) atoms. The molecule has 0 radical (unpaired) electrons. The van der Waals surface area contributed by atoms with E-state index < -0.39 is 0 Å². The van der Waals surface area contributed by atoms with E-state index in [0.29, 0.717) is 0 Å². The summed E-state index contributed by atoms with van der Waals surface area (Å²) in [6.45, 7) is 0. The average molecular weight is 342 g/mol. The van der Waals surface area contributed by atoms with Gasteiger partial charge in [-0.1, -0.05) is 40.0 Å². The van der Waals surface area contributed by atoms with Crippen LogP contribution in [0.2, 0.25) is 0 Å². The highest BCUT2D eigenvalue weighted by Gasteiger charge is 2.19. The summed E-state index contributed by atoms with van der Waals surface area (Å²) in [6.07, 6.45) is 4.45. The first-order chi connectivity index (χ1) is 10.2. The molecule has 1 amide bonds. The van der Waals surface area contributed by atoms with Crippen molar-refractivity contribution >= 4 is 40.8 Å². The lowest BCUT2D eigenvalue weighted by Crippen LogP contribution is -2.12. The van der Waals surface area contributed by atoms with Gasteiger partial charge in [-0.2, -0.15) is 0 Å². The van der Waals surface area contributed by atoms with Gasteiger partial charge in [0.25, 0.3) is 0 Å². The van der Waals surface area contributed by atoms with Gasteiger partial charge in [0.2, 0.25) is 5.91 Å². The highest BCUT2D eigenvalue weighted by atomic mass is 32.2. The molecular formula is C12H14N4O2S3. The molecule has 0 saturated heterocycles. The SMILES string of the molecule is NC(=O)CSc1nnc(SCc2noc3c2CCCC3)s1. The summed E-state index contributed by atoms with van der Waals surface area (Å²) in [5.74, 6) is 1.68. The third-order valence-electron chi connectivity index (χ3n) is 3.09. The number of hydrogen-bond acceptors (Lipinski definition) is 8. The first-order valence-electron chi connectivity index (χ1n) is 6.56. The van der Waals surface area contributed by atoms with Crippen molar-refractivity contribution in [1.82, 2.24) is 15.4 Å². The lowest BCUT2D eigenvalue weighted by molar-refractivity contribution is -0.115. The van der Waals surface area contributed by atoms with Gasteiger partial charge in [-0.3, -0.25) is 4.79 Å². The van der Waals surface area contributed by atoms with Crippen LogP contribution in [0.4, 0.5) is 0 Å². The van der Waals surface area contributed by atoms with Gasteiger partial charge in [0.05, 0.1) is 11.4 Å². The Morgan fingerprint density at radius 3 is 2.81 bits per heavy atom. The summed E-state index contributed by atoms with van der Waals surface area (Å²) >= 11 is 4.39. The van der Waals surface area contributed by atoms with Crippen LogP contribution in [0.15, 0.2) is 13.2 Å². The smallest absolute Gasteiger partial charge is 0.227 e. The molecular weight excluding hydrogens is 328 g/mol. The van der Waals surface area contributed by atoms with E-state index in [-0.39, 0.29) is 11.7 Å². The lowest BCUT2D eigenvalue weighted by Gasteiger charge is -2.08. The highest BCUT2D eigenvalue weighted by molar-refractivity contribution is 8.03. The fraction of sp³-hybridized carbons (Fsp3) is 0.500. The molecule has 1 aliphatic carbocycles. The van der Waals surface area contributed by atoms with Crippen LogP contribution in [0.3, 0.4) is 0 Å². The Balaban J connectivity index is 1.58. The van der Waals surface area contributed by atoms with Gasteiger partial charge >= 0.3 is 0 Å². The predicted octanol–water partition coefficient (Wildman–Crippen LogP) is 2.27. The number of thioether (sulfide) groups is 2. The normalized spacial score (nSPS) is 14.1. The predicted molar refractivity (Wildman–Crippen MR) is 82.5 cm³/mol. The van der Waals surface area contributed by atoms with E-state index in [2.05, 4.69) is 15.4 Å². The van der Waals surface area contributed by atoms with Crippen LogP contribution in [0.1, 0.15) is 29.9 Å². The number of hydrogen-bond donors (Lipinski definition) is 1. The van der Waals surface area contributed by atoms with E-state index in [9.17, 15) is 4.79 Å². The summed E-state index contributed by atoms with van der Waals surface area (Å²) in [6, 6.07) is 0. The van der Waals surface area contributed by atoms with Crippen molar-refractivity contribution in [3.8, 4) is 0 Å². The van der Waals surface area contributed by atoms with Gasteiger partial charge in [0.15, 0.2) is 8.68 Å². The molecule has 2 heterocycles. The van der Waals surface area contributed by atoms with Gasteiger partial charge < -0.3 is 10.3 Å². The van der Waals surface area contributed by atoms with E-state index in [0.717, 1.165) is 38.7 Å². The van der Waals surface area contributed by atoms with E-state index >= 15 is 0 Å². The molecule has 0 saturated carbocycles. The zero-order valence-corrected chi connectivity index (χ0v) is 13.7. The number of nitrogens with two attached hydrogens (primary N) is 1. The van der Waals surface area contributed by atoms with Gasteiger partial charge in [-0.15, -0.1) is 10.2 Å². The van der Waals surface area contributed by atoms with Gasteiger partial charge in [-0.25, -0.2) is 0 Å². The van der Waals surface area contributed by atoms with Crippen molar-refractivity contribution in [3.05, 3.63) is 17.0 Å². The Morgan fingerprint density at radius 1 is 1.24 bits per heavy atom. The molecule has 2 aromatic rings. The number of fused-ring (bicyclic) bond motifs is 1. The van der Waals surface area contributed by atoms with Gasteiger partial charge in [-0.05, 0) is 19.3 Å². The summed E-state index contributed by atoms with van der Waals surface area (Å²) in [5, 5.41) is 12.3. The van der Waals surface area contributed by atoms with E-state index in [1.165, 1.54) is 41.5 Å². The molecule has 0 fully saturated rings. The molecule has 2 aromatic heterocycles. The zero-order valence-electron chi connectivity index (χ0n) is 11.2. The van der Waals surface area contributed by atoms with Crippen molar-refractivity contribution in [1.29, 1.82) is 0 Å². The minimum Gasteiger partial charge on any atom is -0.369 e. The third-order valence-corrected chi connectivity index (χ3v) is 6.31. The number of aryl methyl sites for hydroxylation is 1. The second kappa shape index (κ2) is 6.80. The second-order valence-corrected chi connectivity index (χ2v) is 8.04. The Labute approximate surface area is 134 Å². The number of carbonyl (C=O) groups is 1. The maximum Gasteiger partial charge on any atom is 0.227 e. The molecule has 9 heteroatoms. The summed E-state index contributed by atoms with van der Waals surface area (Å²) in [7, 11) is 0. The maximum atomic E-state index is 10.7. The highest BCUT2D eigenvalue weighted by Crippen LogP contribution is 2.32. The number of carbonyl (C=O) groups excluding carboxylic acids is 1. The molecule has 0 bridgehead atoms. The first-order valence-corrected chi connectivity index (χ1v) is 9.35. The summed E-state index contributed by atoms with van der Waals surface area (Å²) in [5.41, 5.74) is 7.41. The third kappa shape index (κ3) is 3.78. The number of aromatic nitrogens is 3. The van der Waals surface area contributed by atoms with Crippen LogP contribution in [-0.4, -0.2) is 27.0 Å². The maximum absolute atomic E-state index is 10.7. The average Bonchev–Trinajstić information content (AvgIpc) is 3.10. The minimum atomic E-state index is -0.348. The molecule has 0 aliphatic heterocycles. The molecule has 6 nitrogen and oxygen atoms in total. The van der Waals surface area contributed by atoms with Crippen molar-refractivity contribution in [2.24, 2.45) is 5.73 Å². The van der Waals surface area contributed by atoms with Crippen LogP contribution in [-0.2, 0) is 23.4 Å². The van der Waals surface area contributed by atoms with Crippen molar-refractivity contribution in [2.45, 2.75) is 40.1 Å². The first kappa shape index (κ1) is 14.9. The van der Waals surface area contributed by atoms with Crippen LogP contribution in [0, 0.1) is 0 Å². The topological polar surface area (TPSA) is 94.9 Å². The Bertz CT molecular complexity index is 640. The number of amides is 1. The Kier molecular flexibility index (Phi) is 4.81.